The van der Waals surface area contributed by atoms with E-state index in [0.29, 0.717) is 12.5 Å². The van der Waals surface area contributed by atoms with Crippen molar-refractivity contribution in [2.45, 2.75) is 58.1 Å². The number of aryl methyl sites for hydroxylation is 1. The minimum atomic E-state index is -0.606. The van der Waals surface area contributed by atoms with Crippen LogP contribution in [0.15, 0.2) is 18.2 Å². The fraction of sp³-hybridized carbons (Fsp3) is 0.667. The van der Waals surface area contributed by atoms with Crippen LogP contribution in [-0.2, 0) is 6.42 Å². The Bertz CT molecular complexity index is 472. The summed E-state index contributed by atoms with van der Waals surface area (Å²) in [6.07, 6.45) is 3.45. The van der Waals surface area contributed by atoms with E-state index >= 15 is 0 Å². The zero-order valence-corrected chi connectivity index (χ0v) is 13.9. The number of likely N-dealkylation sites (tertiary alicyclic amines) is 1. The molecule has 0 saturated carbocycles. The third kappa shape index (κ3) is 4.21. The summed E-state index contributed by atoms with van der Waals surface area (Å²) in [4.78, 5) is 2.46. The van der Waals surface area contributed by atoms with E-state index in [1.54, 1.807) is 7.11 Å². The van der Waals surface area contributed by atoms with Crippen molar-refractivity contribution in [2.75, 3.05) is 20.2 Å². The first-order chi connectivity index (χ1) is 9.93. The van der Waals surface area contributed by atoms with Crippen LogP contribution in [0.1, 0.15) is 44.2 Å². The maximum atomic E-state index is 11.0. The van der Waals surface area contributed by atoms with Crippen molar-refractivity contribution in [2.24, 2.45) is 0 Å². The first-order valence-electron chi connectivity index (χ1n) is 8.03. The van der Waals surface area contributed by atoms with Gasteiger partial charge in [-0.2, -0.15) is 0 Å². The fourth-order valence-corrected chi connectivity index (χ4v) is 3.29. The van der Waals surface area contributed by atoms with Gasteiger partial charge in [0, 0.05) is 19.0 Å². The van der Waals surface area contributed by atoms with Crippen LogP contribution >= 0.6 is 0 Å². The molecular formula is C18H29NO2. The summed E-state index contributed by atoms with van der Waals surface area (Å²) in [6.45, 7) is 8.61. The minimum absolute atomic E-state index is 0.556. The van der Waals surface area contributed by atoms with Gasteiger partial charge in [-0.25, -0.2) is 0 Å². The quantitative estimate of drug-likeness (QED) is 0.925. The van der Waals surface area contributed by atoms with Crippen molar-refractivity contribution >= 4 is 0 Å². The first-order valence-corrected chi connectivity index (χ1v) is 8.03. The number of methoxy groups -OCH3 is 1. The van der Waals surface area contributed by atoms with Crippen molar-refractivity contribution in [3.63, 3.8) is 0 Å². The lowest BCUT2D eigenvalue weighted by Gasteiger charge is -2.29. The molecule has 0 spiro atoms. The molecule has 1 fully saturated rings. The summed E-state index contributed by atoms with van der Waals surface area (Å²) >= 11 is 0. The van der Waals surface area contributed by atoms with Crippen molar-refractivity contribution in [1.29, 1.82) is 0 Å². The summed E-state index contributed by atoms with van der Waals surface area (Å²) in [5.41, 5.74) is 1.73. The monoisotopic (exact) mass is 291 g/mol. The lowest BCUT2D eigenvalue weighted by Crippen LogP contribution is -2.35. The Kier molecular flexibility index (Phi) is 5.28. The van der Waals surface area contributed by atoms with E-state index in [0.717, 1.165) is 43.7 Å². The van der Waals surface area contributed by atoms with Gasteiger partial charge in [0.15, 0.2) is 0 Å². The van der Waals surface area contributed by atoms with Gasteiger partial charge in [0.2, 0.25) is 0 Å². The Balaban J connectivity index is 2.12. The molecule has 2 rings (SSSR count). The van der Waals surface area contributed by atoms with Gasteiger partial charge in [0.05, 0.1) is 12.7 Å². The topological polar surface area (TPSA) is 32.7 Å². The van der Waals surface area contributed by atoms with Crippen LogP contribution in [0.2, 0.25) is 0 Å². The largest absolute Gasteiger partial charge is 0.496 e. The summed E-state index contributed by atoms with van der Waals surface area (Å²) in [5, 5.41) is 11.0. The third-order valence-corrected chi connectivity index (χ3v) is 4.64. The standard InChI is InChI=1S/C18H29NO2/c1-14(2)19-10-5-8-18(20,9-11-19)13-16-12-15(3)6-7-17(16)21-4/h6-7,12,14,20H,5,8-11,13H2,1-4H3. The Labute approximate surface area is 128 Å². The Morgan fingerprint density at radius 2 is 2.05 bits per heavy atom. The molecule has 3 heteroatoms. The average Bonchev–Trinajstić information content (AvgIpc) is 2.61. The predicted octanol–water partition coefficient (Wildman–Crippen LogP) is 3.17. The summed E-state index contributed by atoms with van der Waals surface area (Å²) in [5.74, 6) is 0.888. The van der Waals surface area contributed by atoms with Gasteiger partial charge in [-0.05, 0) is 58.2 Å². The lowest BCUT2D eigenvalue weighted by molar-refractivity contribution is 0.0243. The van der Waals surface area contributed by atoms with E-state index in [1.165, 1.54) is 5.56 Å². The maximum Gasteiger partial charge on any atom is 0.122 e. The van der Waals surface area contributed by atoms with Gasteiger partial charge in [0.25, 0.3) is 0 Å². The van der Waals surface area contributed by atoms with E-state index in [9.17, 15) is 5.11 Å². The van der Waals surface area contributed by atoms with Crippen LogP contribution in [0, 0.1) is 6.92 Å². The number of aliphatic hydroxyl groups is 1. The highest BCUT2D eigenvalue weighted by molar-refractivity contribution is 5.37. The number of rotatable bonds is 4. The second-order valence-corrected chi connectivity index (χ2v) is 6.70. The van der Waals surface area contributed by atoms with Crippen LogP contribution in [0.5, 0.6) is 5.75 Å². The number of hydrogen-bond acceptors (Lipinski definition) is 3. The molecule has 1 aromatic carbocycles. The Hall–Kier alpha value is -1.06. The molecule has 1 aliphatic heterocycles. The second-order valence-electron chi connectivity index (χ2n) is 6.70. The second kappa shape index (κ2) is 6.80. The zero-order chi connectivity index (χ0) is 15.5. The summed E-state index contributed by atoms with van der Waals surface area (Å²) < 4.78 is 5.46. The predicted molar refractivity (Wildman–Crippen MR) is 86.9 cm³/mol. The SMILES string of the molecule is COc1ccc(C)cc1CC1(O)CCCN(C(C)C)CC1. The van der Waals surface area contributed by atoms with E-state index in [4.69, 9.17) is 4.74 Å². The molecule has 1 unspecified atom stereocenters. The Morgan fingerprint density at radius 1 is 1.29 bits per heavy atom. The van der Waals surface area contributed by atoms with Crippen molar-refractivity contribution in [3.8, 4) is 5.75 Å². The van der Waals surface area contributed by atoms with Crippen LogP contribution in [0.4, 0.5) is 0 Å². The zero-order valence-electron chi connectivity index (χ0n) is 13.9. The molecule has 3 nitrogen and oxygen atoms in total. The van der Waals surface area contributed by atoms with Gasteiger partial charge in [-0.1, -0.05) is 17.7 Å². The Morgan fingerprint density at radius 3 is 2.71 bits per heavy atom. The number of ether oxygens (including phenoxy) is 1. The van der Waals surface area contributed by atoms with Gasteiger partial charge >= 0.3 is 0 Å². The van der Waals surface area contributed by atoms with Crippen molar-refractivity contribution in [3.05, 3.63) is 29.3 Å². The molecule has 0 aliphatic carbocycles. The van der Waals surface area contributed by atoms with Gasteiger partial charge in [-0.15, -0.1) is 0 Å². The molecule has 0 bridgehead atoms. The van der Waals surface area contributed by atoms with Crippen LogP contribution in [0.3, 0.4) is 0 Å². The van der Waals surface area contributed by atoms with Gasteiger partial charge in [-0.3, -0.25) is 0 Å². The van der Waals surface area contributed by atoms with E-state index in [1.807, 2.05) is 6.07 Å². The highest BCUT2D eigenvalue weighted by Gasteiger charge is 2.31. The number of hydrogen-bond donors (Lipinski definition) is 1. The first kappa shape index (κ1) is 16.3. The highest BCUT2D eigenvalue weighted by atomic mass is 16.5. The smallest absolute Gasteiger partial charge is 0.122 e. The van der Waals surface area contributed by atoms with Gasteiger partial charge < -0.3 is 14.7 Å². The van der Waals surface area contributed by atoms with Crippen LogP contribution in [-0.4, -0.2) is 41.8 Å². The molecule has 1 heterocycles. The summed E-state index contributed by atoms with van der Waals surface area (Å²) in [7, 11) is 1.70. The molecule has 1 aromatic rings. The average molecular weight is 291 g/mol. The molecular weight excluding hydrogens is 262 g/mol. The molecule has 0 aromatic heterocycles. The highest BCUT2D eigenvalue weighted by Crippen LogP contribution is 2.31. The molecule has 1 saturated heterocycles. The third-order valence-electron chi connectivity index (χ3n) is 4.64. The van der Waals surface area contributed by atoms with E-state index in [-0.39, 0.29) is 0 Å². The van der Waals surface area contributed by atoms with Crippen LogP contribution < -0.4 is 4.74 Å². The molecule has 0 amide bonds. The van der Waals surface area contributed by atoms with Gasteiger partial charge in [0.1, 0.15) is 5.75 Å². The van der Waals surface area contributed by atoms with E-state index < -0.39 is 5.60 Å². The molecule has 1 N–H and O–H groups in total. The molecule has 118 valence electrons. The summed E-state index contributed by atoms with van der Waals surface area (Å²) in [6, 6.07) is 6.76. The minimum Gasteiger partial charge on any atom is -0.496 e. The molecule has 0 radical (unpaired) electrons. The molecule has 21 heavy (non-hydrogen) atoms. The van der Waals surface area contributed by atoms with Crippen molar-refractivity contribution < 1.29 is 9.84 Å². The molecule has 1 aliphatic rings. The molecule has 1 atom stereocenters. The number of nitrogens with zero attached hydrogens (tertiary/aromatic N) is 1. The lowest BCUT2D eigenvalue weighted by atomic mass is 9.87. The van der Waals surface area contributed by atoms with Crippen LogP contribution in [0.25, 0.3) is 0 Å². The maximum absolute atomic E-state index is 11.0. The van der Waals surface area contributed by atoms with E-state index in [2.05, 4.69) is 37.8 Å². The number of benzene rings is 1. The van der Waals surface area contributed by atoms with Crippen molar-refractivity contribution in [1.82, 2.24) is 4.90 Å². The fourth-order valence-electron chi connectivity index (χ4n) is 3.29. The normalized spacial score (nSPS) is 24.1.